The van der Waals surface area contributed by atoms with Crippen molar-refractivity contribution in [3.63, 3.8) is 0 Å². The molecule has 0 aromatic heterocycles. The normalized spacial score (nSPS) is 12.8. The molecule has 0 aromatic carbocycles. The third-order valence-corrected chi connectivity index (χ3v) is 12.0. The van der Waals surface area contributed by atoms with E-state index in [1.807, 2.05) is 21.1 Å². The highest BCUT2D eigenvalue weighted by Crippen LogP contribution is 2.17. The molecule has 2 unspecified atom stereocenters. The molecule has 63 heavy (non-hydrogen) atoms. The molecule has 0 aromatic rings. The Labute approximate surface area is 389 Å². The van der Waals surface area contributed by atoms with Gasteiger partial charge in [-0.05, 0) is 38.5 Å². The summed E-state index contributed by atoms with van der Waals surface area (Å²) < 4.78 is 22.6. The molecule has 0 amide bonds. The van der Waals surface area contributed by atoms with Gasteiger partial charge in [-0.1, -0.05) is 219 Å². The minimum atomic E-state index is -1.50. The minimum absolute atomic E-state index is 0.177. The van der Waals surface area contributed by atoms with Gasteiger partial charge in [-0.2, -0.15) is 0 Å². The van der Waals surface area contributed by atoms with Gasteiger partial charge in [-0.15, -0.1) is 0 Å². The number of carboxylic acids is 1. The quantitative estimate of drug-likeness (QED) is 0.0211. The Kier molecular flexibility index (Phi) is 45.1. The zero-order chi connectivity index (χ0) is 46.3. The van der Waals surface area contributed by atoms with Crippen molar-refractivity contribution in [1.82, 2.24) is 0 Å². The number of carbonyl (C=O) groups excluding carboxylic acids is 2. The highest BCUT2D eigenvalue weighted by atomic mass is 16.7. The molecule has 9 nitrogen and oxygen atoms in total. The molecule has 372 valence electrons. The third-order valence-electron chi connectivity index (χ3n) is 12.0. The molecule has 0 aliphatic rings. The van der Waals surface area contributed by atoms with Gasteiger partial charge in [-0.3, -0.25) is 9.59 Å². The fourth-order valence-corrected chi connectivity index (χ4v) is 7.83. The van der Waals surface area contributed by atoms with Crippen LogP contribution in [0.1, 0.15) is 258 Å². The molecular formula is C54H104NO8+. The predicted molar refractivity (Wildman–Crippen MR) is 263 cm³/mol. The first kappa shape index (κ1) is 61.0. The molecule has 0 fully saturated rings. The number of hydrogen-bond acceptors (Lipinski definition) is 7. The third kappa shape index (κ3) is 47.8. The van der Waals surface area contributed by atoms with Gasteiger partial charge in [-0.25, -0.2) is 4.79 Å². The summed E-state index contributed by atoms with van der Waals surface area (Å²) in [7, 11) is 5.95. The van der Waals surface area contributed by atoms with Crippen molar-refractivity contribution in [1.29, 1.82) is 0 Å². The number of ether oxygens (including phenoxy) is 4. The molecule has 0 rings (SSSR count). The maximum absolute atomic E-state index is 12.7. The van der Waals surface area contributed by atoms with Gasteiger partial charge in [0, 0.05) is 12.8 Å². The summed E-state index contributed by atoms with van der Waals surface area (Å²) in [6.45, 7) is 4.81. The van der Waals surface area contributed by atoms with Crippen LogP contribution in [0.2, 0.25) is 0 Å². The Bertz CT molecular complexity index is 1040. The van der Waals surface area contributed by atoms with E-state index < -0.39 is 24.3 Å². The lowest BCUT2D eigenvalue weighted by Gasteiger charge is -2.25. The first-order valence-electron chi connectivity index (χ1n) is 26.9. The van der Waals surface area contributed by atoms with Crippen molar-refractivity contribution in [2.75, 3.05) is 47.5 Å². The molecule has 1 N–H and O–H groups in total. The number of nitrogens with zero attached hydrogens (tertiary/aromatic N) is 1. The second kappa shape index (κ2) is 46.6. The van der Waals surface area contributed by atoms with Crippen LogP contribution in [-0.2, 0) is 33.3 Å². The summed E-state index contributed by atoms with van der Waals surface area (Å²) in [5, 5.41) is 9.60. The van der Waals surface area contributed by atoms with Crippen LogP contribution in [-0.4, -0.2) is 87.4 Å². The molecule has 0 heterocycles. The minimum Gasteiger partial charge on any atom is -0.477 e. The van der Waals surface area contributed by atoms with Gasteiger partial charge >= 0.3 is 17.9 Å². The van der Waals surface area contributed by atoms with E-state index in [4.69, 9.17) is 18.9 Å². The highest BCUT2D eigenvalue weighted by Gasteiger charge is 2.25. The second-order valence-corrected chi connectivity index (χ2v) is 19.5. The van der Waals surface area contributed by atoms with Crippen LogP contribution in [0.5, 0.6) is 0 Å². The predicted octanol–water partition coefficient (Wildman–Crippen LogP) is 15.0. The first-order valence-corrected chi connectivity index (χ1v) is 26.9. The van der Waals surface area contributed by atoms with Crippen molar-refractivity contribution in [3.05, 3.63) is 12.2 Å². The Morgan fingerprint density at radius 1 is 0.460 bits per heavy atom. The largest absolute Gasteiger partial charge is 0.477 e. The highest BCUT2D eigenvalue weighted by molar-refractivity contribution is 5.71. The van der Waals surface area contributed by atoms with Crippen LogP contribution in [0.15, 0.2) is 12.2 Å². The first-order chi connectivity index (χ1) is 30.6. The Morgan fingerprint density at radius 2 is 0.810 bits per heavy atom. The van der Waals surface area contributed by atoms with Gasteiger partial charge < -0.3 is 28.5 Å². The molecule has 0 spiro atoms. The number of rotatable bonds is 50. The zero-order valence-corrected chi connectivity index (χ0v) is 42.3. The topological polar surface area (TPSA) is 108 Å². The van der Waals surface area contributed by atoms with Gasteiger partial charge in [0.2, 0.25) is 0 Å². The number of carbonyl (C=O) groups is 3. The van der Waals surface area contributed by atoms with Crippen molar-refractivity contribution >= 4 is 17.9 Å². The van der Waals surface area contributed by atoms with E-state index >= 15 is 0 Å². The second-order valence-electron chi connectivity index (χ2n) is 19.5. The summed E-state index contributed by atoms with van der Waals surface area (Å²) in [4.78, 5) is 36.8. The molecule has 0 bridgehead atoms. The number of hydrogen-bond donors (Lipinski definition) is 1. The average molecular weight is 895 g/mol. The van der Waals surface area contributed by atoms with Gasteiger partial charge in [0.1, 0.15) is 13.2 Å². The van der Waals surface area contributed by atoms with Crippen LogP contribution in [0.25, 0.3) is 0 Å². The number of esters is 2. The summed E-state index contributed by atoms with van der Waals surface area (Å²) >= 11 is 0. The average Bonchev–Trinajstić information content (AvgIpc) is 3.24. The van der Waals surface area contributed by atoms with Crippen LogP contribution in [0.3, 0.4) is 0 Å². The van der Waals surface area contributed by atoms with E-state index in [1.54, 1.807) is 0 Å². The van der Waals surface area contributed by atoms with Crippen molar-refractivity contribution in [2.45, 2.75) is 270 Å². The summed E-state index contributed by atoms with van der Waals surface area (Å²) in [6.07, 6.45) is 49.4. The van der Waals surface area contributed by atoms with Crippen LogP contribution in [0.4, 0.5) is 0 Å². The summed E-state index contributed by atoms with van der Waals surface area (Å²) in [6, 6.07) is 0. The fourth-order valence-electron chi connectivity index (χ4n) is 7.83. The lowest BCUT2D eigenvalue weighted by Crippen LogP contribution is -2.40. The van der Waals surface area contributed by atoms with Crippen molar-refractivity contribution in [3.8, 4) is 0 Å². The Morgan fingerprint density at radius 3 is 1.17 bits per heavy atom. The molecule has 0 saturated heterocycles. The number of carboxylic acid groups (broad SMARTS) is 1. The molecule has 2 atom stereocenters. The van der Waals surface area contributed by atoms with Crippen molar-refractivity contribution in [2.24, 2.45) is 0 Å². The van der Waals surface area contributed by atoms with E-state index in [1.165, 1.54) is 180 Å². The SMILES string of the molecule is CCCCCCCCCC/C=C\CCCCCCCCCCCCCCCCCCCCCCCC(=O)OC(COC(=O)CCCCCCC)COC(OCC[N+](C)(C)C)C(=O)O. The monoisotopic (exact) mass is 895 g/mol. The zero-order valence-electron chi connectivity index (χ0n) is 42.3. The number of quaternary nitrogens is 1. The lowest BCUT2D eigenvalue weighted by molar-refractivity contribution is -0.870. The molecular weight excluding hydrogens is 791 g/mol. The summed E-state index contributed by atoms with van der Waals surface area (Å²) in [5.41, 5.74) is 0. The van der Waals surface area contributed by atoms with Crippen LogP contribution < -0.4 is 0 Å². The number of aliphatic carboxylic acids is 1. The number of unbranched alkanes of at least 4 members (excludes halogenated alkanes) is 33. The van der Waals surface area contributed by atoms with E-state index in [-0.39, 0.29) is 32.2 Å². The van der Waals surface area contributed by atoms with E-state index in [0.29, 0.717) is 17.4 Å². The smallest absolute Gasteiger partial charge is 0.361 e. The van der Waals surface area contributed by atoms with Crippen LogP contribution in [0, 0.1) is 0 Å². The van der Waals surface area contributed by atoms with E-state index in [0.717, 1.165) is 51.4 Å². The molecule has 9 heteroatoms. The standard InChI is InChI=1S/C54H103NO8/c1-6-8-10-12-13-14-15-16-17-18-19-20-21-22-23-24-25-26-27-28-29-30-31-32-33-34-35-36-37-38-39-41-43-45-52(57)63-50(48-61-51(56)44-42-40-11-9-7-2)49-62-54(53(58)59)60-47-46-55(3,4)5/h18-19,50,54H,6-17,20-49H2,1-5H3/p+1/b19-18-. The van der Waals surface area contributed by atoms with Crippen LogP contribution >= 0.6 is 0 Å². The van der Waals surface area contributed by atoms with E-state index in [2.05, 4.69) is 26.0 Å². The van der Waals surface area contributed by atoms with Gasteiger partial charge in [0.25, 0.3) is 6.29 Å². The van der Waals surface area contributed by atoms with E-state index in [9.17, 15) is 19.5 Å². The number of likely N-dealkylation sites (N-methyl/N-ethyl adjacent to an activating group) is 1. The number of allylic oxidation sites excluding steroid dienone is 2. The maximum atomic E-state index is 12.7. The summed E-state index contributed by atoms with van der Waals surface area (Å²) in [5.74, 6) is -2.01. The van der Waals surface area contributed by atoms with Gasteiger partial charge in [0.05, 0.1) is 34.4 Å². The lowest BCUT2D eigenvalue weighted by atomic mass is 10.0. The Hall–Kier alpha value is -1.97. The van der Waals surface area contributed by atoms with Gasteiger partial charge in [0.15, 0.2) is 6.10 Å². The fraction of sp³-hybridized carbons (Fsp3) is 0.907. The molecule has 0 aliphatic carbocycles. The van der Waals surface area contributed by atoms with Crippen molar-refractivity contribution < 1.29 is 42.9 Å². The molecule has 0 saturated carbocycles. The Balaban J connectivity index is 3.85. The molecule has 0 radical (unpaired) electrons. The molecule has 0 aliphatic heterocycles. The maximum Gasteiger partial charge on any atom is 0.361 e.